The highest BCUT2D eigenvalue weighted by molar-refractivity contribution is 14.1. The number of hydrogen-bond acceptors (Lipinski definition) is 2. The Kier molecular flexibility index (Phi) is 3.35. The monoisotopic (exact) mass is 320 g/mol. The number of carbonyl (C=O) groups excluding carboxylic acids is 1. The number of halogens is 2. The normalized spacial score (nSPS) is 21.7. The molecule has 0 N–H and O–H groups in total. The quantitative estimate of drug-likeness (QED) is 0.744. The first-order valence-electron chi connectivity index (χ1n) is 4.75. The first-order chi connectivity index (χ1) is 7.18. The van der Waals surface area contributed by atoms with E-state index < -0.39 is 6.10 Å². The zero-order valence-electron chi connectivity index (χ0n) is 8.00. The van der Waals surface area contributed by atoms with Crippen LogP contribution in [0.15, 0.2) is 18.2 Å². The van der Waals surface area contributed by atoms with Gasteiger partial charge < -0.3 is 4.74 Å². The Morgan fingerprint density at radius 2 is 2.27 bits per heavy atom. The van der Waals surface area contributed by atoms with Gasteiger partial charge in [-0.05, 0) is 34.7 Å². The average molecular weight is 320 g/mol. The molecule has 1 aliphatic rings. The first kappa shape index (κ1) is 11.0. The lowest BCUT2D eigenvalue weighted by Crippen LogP contribution is -2.21. The fraction of sp³-hybridized carbons (Fsp3) is 0.364. The van der Waals surface area contributed by atoms with Gasteiger partial charge in [0.05, 0.1) is 12.7 Å². The fourth-order valence-corrected chi connectivity index (χ4v) is 2.50. The minimum Gasteiger partial charge on any atom is -0.372 e. The van der Waals surface area contributed by atoms with Crippen molar-refractivity contribution < 1.29 is 13.9 Å². The molecule has 0 aromatic heterocycles. The molecule has 0 radical (unpaired) electrons. The lowest BCUT2D eigenvalue weighted by molar-refractivity contribution is -0.128. The van der Waals surface area contributed by atoms with Crippen molar-refractivity contribution in [3.05, 3.63) is 33.1 Å². The minimum absolute atomic E-state index is 0.144. The van der Waals surface area contributed by atoms with E-state index in [1.807, 2.05) is 6.07 Å². The molecule has 1 atom stereocenters. The van der Waals surface area contributed by atoms with Gasteiger partial charge in [0.1, 0.15) is 11.6 Å². The Morgan fingerprint density at radius 3 is 2.93 bits per heavy atom. The molecule has 4 heteroatoms. The van der Waals surface area contributed by atoms with E-state index in [0.29, 0.717) is 18.6 Å². The third-order valence-corrected chi connectivity index (χ3v) is 3.38. The molecule has 2 rings (SSSR count). The van der Waals surface area contributed by atoms with E-state index >= 15 is 0 Å². The van der Waals surface area contributed by atoms with Crippen LogP contribution < -0.4 is 0 Å². The molecule has 1 saturated heterocycles. The van der Waals surface area contributed by atoms with E-state index in [9.17, 15) is 9.18 Å². The van der Waals surface area contributed by atoms with Crippen LogP contribution in [0, 0.1) is 9.39 Å². The molecule has 0 aliphatic carbocycles. The van der Waals surface area contributed by atoms with Crippen molar-refractivity contribution in [3.8, 4) is 0 Å². The molecule has 1 unspecified atom stereocenters. The van der Waals surface area contributed by atoms with E-state index in [2.05, 4.69) is 22.6 Å². The van der Waals surface area contributed by atoms with Crippen molar-refractivity contribution in [3.63, 3.8) is 0 Å². The van der Waals surface area contributed by atoms with Gasteiger partial charge in [-0.1, -0.05) is 6.07 Å². The molecular formula is C11H10FIO2. The average Bonchev–Trinajstić information content (AvgIpc) is 2.17. The Morgan fingerprint density at radius 1 is 1.47 bits per heavy atom. The highest BCUT2D eigenvalue weighted by atomic mass is 127. The van der Waals surface area contributed by atoms with Crippen LogP contribution in [0.5, 0.6) is 0 Å². The summed E-state index contributed by atoms with van der Waals surface area (Å²) >= 11 is 2.06. The van der Waals surface area contributed by atoms with Gasteiger partial charge >= 0.3 is 0 Å². The minimum atomic E-state index is -0.403. The van der Waals surface area contributed by atoms with Crippen LogP contribution in [0.3, 0.4) is 0 Å². The molecule has 0 bridgehead atoms. The van der Waals surface area contributed by atoms with Crippen LogP contribution in [0.4, 0.5) is 4.39 Å². The van der Waals surface area contributed by atoms with Gasteiger partial charge in [-0.2, -0.15) is 0 Å². The van der Waals surface area contributed by atoms with Gasteiger partial charge in [0, 0.05) is 22.0 Å². The molecule has 0 spiro atoms. The van der Waals surface area contributed by atoms with Crippen LogP contribution >= 0.6 is 22.6 Å². The van der Waals surface area contributed by atoms with Gasteiger partial charge in [-0.15, -0.1) is 0 Å². The zero-order valence-corrected chi connectivity index (χ0v) is 10.2. The first-order valence-corrected chi connectivity index (χ1v) is 5.83. The third-order valence-electron chi connectivity index (χ3n) is 2.43. The molecule has 0 amide bonds. The van der Waals surface area contributed by atoms with E-state index in [0.717, 1.165) is 3.57 Å². The van der Waals surface area contributed by atoms with Crippen LogP contribution in [-0.4, -0.2) is 12.4 Å². The smallest absolute Gasteiger partial charge is 0.138 e. The summed E-state index contributed by atoms with van der Waals surface area (Å²) in [7, 11) is 0. The summed E-state index contributed by atoms with van der Waals surface area (Å²) in [6.45, 7) is 0.397. The molecule has 1 aromatic carbocycles. The molecule has 1 aliphatic heterocycles. The maximum Gasteiger partial charge on any atom is 0.138 e. The number of ether oxygens (including phenoxy) is 1. The maximum absolute atomic E-state index is 13.6. The van der Waals surface area contributed by atoms with E-state index in [1.54, 1.807) is 6.07 Å². The van der Waals surface area contributed by atoms with E-state index in [4.69, 9.17) is 4.74 Å². The second kappa shape index (κ2) is 4.57. The summed E-state index contributed by atoms with van der Waals surface area (Å²) in [5.74, 6) is -0.146. The SMILES string of the molecule is O=C1CCOC(c2c(F)cccc2I)C1. The van der Waals surface area contributed by atoms with Crippen LogP contribution in [-0.2, 0) is 9.53 Å². The Balaban J connectivity index is 2.32. The van der Waals surface area contributed by atoms with Crippen molar-refractivity contribution in [2.75, 3.05) is 6.61 Å². The molecule has 1 heterocycles. The highest BCUT2D eigenvalue weighted by Gasteiger charge is 2.25. The van der Waals surface area contributed by atoms with Gasteiger partial charge in [0.25, 0.3) is 0 Å². The largest absolute Gasteiger partial charge is 0.372 e. The van der Waals surface area contributed by atoms with Crippen molar-refractivity contribution in [1.29, 1.82) is 0 Å². The third kappa shape index (κ3) is 2.36. The van der Waals surface area contributed by atoms with Crippen molar-refractivity contribution in [1.82, 2.24) is 0 Å². The van der Waals surface area contributed by atoms with Crippen LogP contribution in [0.25, 0.3) is 0 Å². The standard InChI is InChI=1S/C11H10FIO2/c12-8-2-1-3-9(13)11(8)10-6-7(14)4-5-15-10/h1-3,10H,4-6H2. The summed E-state index contributed by atoms with van der Waals surface area (Å²) in [4.78, 5) is 11.3. The number of benzene rings is 1. The van der Waals surface area contributed by atoms with Gasteiger partial charge in [0.15, 0.2) is 0 Å². The fourth-order valence-electron chi connectivity index (χ4n) is 1.69. The molecule has 1 aromatic rings. The molecule has 1 fully saturated rings. The number of rotatable bonds is 1. The Hall–Kier alpha value is -0.490. The molecular weight excluding hydrogens is 310 g/mol. The maximum atomic E-state index is 13.6. The predicted molar refractivity (Wildman–Crippen MR) is 62.1 cm³/mol. The molecule has 2 nitrogen and oxygen atoms in total. The van der Waals surface area contributed by atoms with Crippen LogP contribution in [0.2, 0.25) is 0 Å². The van der Waals surface area contributed by atoms with Crippen molar-refractivity contribution >= 4 is 28.4 Å². The summed E-state index contributed by atoms with van der Waals surface area (Å²) < 4.78 is 19.8. The van der Waals surface area contributed by atoms with E-state index in [-0.39, 0.29) is 18.0 Å². The topological polar surface area (TPSA) is 26.3 Å². The summed E-state index contributed by atoms with van der Waals surface area (Å²) in [6, 6.07) is 4.88. The summed E-state index contributed by atoms with van der Waals surface area (Å²) in [5.41, 5.74) is 0.520. The van der Waals surface area contributed by atoms with Crippen LogP contribution in [0.1, 0.15) is 24.5 Å². The summed E-state index contributed by atoms with van der Waals surface area (Å²) in [6.07, 6.45) is 0.331. The Bertz CT molecular complexity index is 372. The van der Waals surface area contributed by atoms with Gasteiger partial charge in [-0.25, -0.2) is 4.39 Å². The van der Waals surface area contributed by atoms with Crippen molar-refractivity contribution in [2.45, 2.75) is 18.9 Å². The lowest BCUT2D eigenvalue weighted by atomic mass is 10.0. The highest BCUT2D eigenvalue weighted by Crippen LogP contribution is 2.31. The number of hydrogen-bond donors (Lipinski definition) is 0. The van der Waals surface area contributed by atoms with Crippen molar-refractivity contribution in [2.24, 2.45) is 0 Å². The predicted octanol–water partition coefficient (Wildman–Crippen LogP) is 2.85. The number of carbonyl (C=O) groups is 1. The van der Waals surface area contributed by atoms with Gasteiger partial charge in [-0.3, -0.25) is 4.79 Å². The molecule has 15 heavy (non-hydrogen) atoms. The number of ketones is 1. The molecule has 80 valence electrons. The van der Waals surface area contributed by atoms with E-state index in [1.165, 1.54) is 6.07 Å². The lowest BCUT2D eigenvalue weighted by Gasteiger charge is -2.23. The van der Waals surface area contributed by atoms with Gasteiger partial charge in [0.2, 0.25) is 0 Å². The molecule has 0 saturated carbocycles. The second-order valence-corrected chi connectivity index (χ2v) is 4.65. The summed E-state index contributed by atoms with van der Waals surface area (Å²) in [5, 5.41) is 0. The second-order valence-electron chi connectivity index (χ2n) is 3.49. The zero-order chi connectivity index (χ0) is 10.8. The Labute approximate surface area is 101 Å². The number of Topliss-reactive ketones (excluding diaryl/α,β-unsaturated/α-hetero) is 1.